The van der Waals surface area contributed by atoms with Crippen LogP contribution in [0.4, 0.5) is 5.95 Å². The normalized spacial score (nSPS) is 16.4. The number of hydrogen-bond donors (Lipinski definition) is 0. The molecule has 1 unspecified atom stereocenters. The van der Waals surface area contributed by atoms with E-state index in [2.05, 4.69) is 56.8 Å². The van der Waals surface area contributed by atoms with Gasteiger partial charge in [0.05, 0.1) is 29.3 Å². The smallest absolute Gasteiger partial charge is 0.225 e. The van der Waals surface area contributed by atoms with Crippen molar-refractivity contribution < 1.29 is 0 Å². The molecule has 1 saturated heterocycles. The Kier molecular flexibility index (Phi) is 4.58. The zero-order valence-electron chi connectivity index (χ0n) is 17.5. The number of nitrogens with zero attached hydrogens (tertiary/aromatic N) is 7. The highest BCUT2D eigenvalue weighted by atomic mass is 15.4. The maximum atomic E-state index is 4.84. The van der Waals surface area contributed by atoms with Crippen LogP contribution in [0.15, 0.2) is 55.0 Å². The van der Waals surface area contributed by atoms with Gasteiger partial charge in [0.25, 0.3) is 0 Å². The Labute approximate surface area is 176 Å². The average Bonchev–Trinajstić information content (AvgIpc) is 3.48. The zero-order valence-corrected chi connectivity index (χ0v) is 17.5. The zero-order chi connectivity index (χ0) is 20.7. The lowest BCUT2D eigenvalue weighted by Crippen LogP contribution is -2.23. The summed E-state index contributed by atoms with van der Waals surface area (Å²) >= 11 is 0. The maximum Gasteiger partial charge on any atom is 0.225 e. The molecule has 3 aromatic heterocycles. The molecule has 4 aromatic rings. The number of hydrogen-bond acceptors (Lipinski definition) is 5. The largest absolute Gasteiger partial charge is 0.339 e. The minimum atomic E-state index is 0.356. The van der Waals surface area contributed by atoms with Gasteiger partial charge < -0.3 is 4.90 Å². The van der Waals surface area contributed by atoms with Crippen molar-refractivity contribution in [1.29, 1.82) is 0 Å². The predicted octanol–water partition coefficient (Wildman–Crippen LogP) is 3.90. The number of rotatable bonds is 4. The van der Waals surface area contributed by atoms with Crippen molar-refractivity contribution in [2.75, 3.05) is 18.0 Å². The molecule has 7 heteroatoms. The van der Waals surface area contributed by atoms with E-state index in [1.165, 1.54) is 11.3 Å². The molecule has 0 saturated carbocycles. The van der Waals surface area contributed by atoms with Gasteiger partial charge in [-0.25, -0.2) is 14.6 Å². The van der Waals surface area contributed by atoms with Crippen molar-refractivity contribution in [2.24, 2.45) is 0 Å². The third kappa shape index (κ3) is 3.36. The second-order valence-corrected chi connectivity index (χ2v) is 7.96. The fraction of sp³-hybridized carbons (Fsp3) is 0.304. The van der Waals surface area contributed by atoms with E-state index in [0.717, 1.165) is 48.1 Å². The first kappa shape index (κ1) is 18.5. The molecule has 152 valence electrons. The number of aryl methyl sites for hydroxylation is 3. The van der Waals surface area contributed by atoms with Crippen molar-refractivity contribution in [3.05, 3.63) is 71.9 Å². The molecule has 0 bridgehead atoms. The first-order valence-corrected chi connectivity index (χ1v) is 10.3. The predicted molar refractivity (Wildman–Crippen MR) is 117 cm³/mol. The molecule has 4 heterocycles. The first-order valence-electron chi connectivity index (χ1n) is 10.3. The van der Waals surface area contributed by atoms with Gasteiger partial charge in [-0.15, -0.1) is 0 Å². The highest BCUT2D eigenvalue weighted by Gasteiger charge is 2.27. The highest BCUT2D eigenvalue weighted by Crippen LogP contribution is 2.27. The van der Waals surface area contributed by atoms with E-state index in [4.69, 9.17) is 4.98 Å². The summed E-state index contributed by atoms with van der Waals surface area (Å²) in [6, 6.07) is 12.7. The van der Waals surface area contributed by atoms with E-state index < -0.39 is 0 Å². The molecule has 0 aliphatic carbocycles. The van der Waals surface area contributed by atoms with Crippen LogP contribution in [-0.2, 0) is 0 Å². The van der Waals surface area contributed by atoms with Crippen molar-refractivity contribution >= 4 is 5.95 Å². The van der Waals surface area contributed by atoms with E-state index in [0.29, 0.717) is 6.04 Å². The first-order chi connectivity index (χ1) is 14.6. The summed E-state index contributed by atoms with van der Waals surface area (Å²) < 4.78 is 4.05. The van der Waals surface area contributed by atoms with Crippen LogP contribution in [-0.4, -0.2) is 42.6 Å². The Morgan fingerprint density at radius 2 is 1.93 bits per heavy atom. The summed E-state index contributed by atoms with van der Waals surface area (Å²) in [5, 5.41) is 9.21. The van der Waals surface area contributed by atoms with Crippen LogP contribution in [0.5, 0.6) is 0 Å². The summed E-state index contributed by atoms with van der Waals surface area (Å²) in [5.41, 5.74) is 6.39. The molecule has 1 atom stereocenters. The molecule has 1 aliphatic rings. The Balaban J connectivity index is 1.38. The molecular weight excluding hydrogens is 374 g/mol. The molecule has 1 aromatic carbocycles. The van der Waals surface area contributed by atoms with Crippen LogP contribution >= 0.6 is 0 Å². The standard InChI is InChI=1S/C23H25N7/c1-16-6-4-5-7-22(16)29-14-19(13-25-29)21-8-10-24-23(26-21)28-11-9-20(15-28)30-18(3)12-17(2)27-30/h4-8,10,12-14,20H,9,11,15H2,1-3H3. The summed E-state index contributed by atoms with van der Waals surface area (Å²) in [5.74, 6) is 0.764. The van der Waals surface area contributed by atoms with E-state index in [9.17, 15) is 0 Å². The van der Waals surface area contributed by atoms with Crippen LogP contribution in [0.25, 0.3) is 16.9 Å². The van der Waals surface area contributed by atoms with Crippen LogP contribution in [0.3, 0.4) is 0 Å². The van der Waals surface area contributed by atoms with Crippen molar-refractivity contribution in [2.45, 2.75) is 33.2 Å². The lowest BCUT2D eigenvalue weighted by molar-refractivity contribution is 0.480. The van der Waals surface area contributed by atoms with E-state index in [1.807, 2.05) is 48.4 Å². The molecule has 0 N–H and O–H groups in total. The van der Waals surface area contributed by atoms with Gasteiger partial charge >= 0.3 is 0 Å². The van der Waals surface area contributed by atoms with Gasteiger partial charge in [0.1, 0.15) is 0 Å². The van der Waals surface area contributed by atoms with Gasteiger partial charge in [-0.1, -0.05) is 18.2 Å². The lowest BCUT2D eigenvalue weighted by Gasteiger charge is -2.17. The van der Waals surface area contributed by atoms with Gasteiger partial charge in [-0.2, -0.15) is 10.2 Å². The maximum absolute atomic E-state index is 4.84. The van der Waals surface area contributed by atoms with E-state index in [1.54, 1.807) is 0 Å². The SMILES string of the molecule is Cc1cc(C)n(C2CCN(c3nccc(-c4cnn(-c5ccccc5C)c4)n3)C2)n1. The van der Waals surface area contributed by atoms with Gasteiger partial charge in [-0.05, 0) is 51.0 Å². The number of benzene rings is 1. The molecule has 1 aliphatic heterocycles. The van der Waals surface area contributed by atoms with Gasteiger partial charge in [-0.3, -0.25) is 4.68 Å². The van der Waals surface area contributed by atoms with E-state index in [-0.39, 0.29) is 0 Å². The Morgan fingerprint density at radius 1 is 1.07 bits per heavy atom. The summed E-state index contributed by atoms with van der Waals surface area (Å²) in [6.45, 7) is 8.04. The molecule has 0 spiro atoms. The molecule has 5 rings (SSSR count). The molecule has 7 nitrogen and oxygen atoms in total. The second-order valence-electron chi connectivity index (χ2n) is 7.96. The number of aromatic nitrogens is 6. The fourth-order valence-corrected chi connectivity index (χ4v) is 4.21. The third-order valence-corrected chi connectivity index (χ3v) is 5.72. The number of para-hydroxylation sites is 1. The second kappa shape index (κ2) is 7.40. The quantitative estimate of drug-likeness (QED) is 0.521. The van der Waals surface area contributed by atoms with Gasteiger partial charge in [0.15, 0.2) is 0 Å². The van der Waals surface area contributed by atoms with Crippen molar-refractivity contribution in [3.63, 3.8) is 0 Å². The molecule has 1 fully saturated rings. The average molecular weight is 400 g/mol. The summed E-state index contributed by atoms with van der Waals surface area (Å²) in [4.78, 5) is 11.6. The van der Waals surface area contributed by atoms with Crippen LogP contribution in [0, 0.1) is 20.8 Å². The molecule has 30 heavy (non-hydrogen) atoms. The van der Waals surface area contributed by atoms with Crippen LogP contribution < -0.4 is 4.90 Å². The van der Waals surface area contributed by atoms with Crippen molar-refractivity contribution in [3.8, 4) is 16.9 Å². The monoisotopic (exact) mass is 399 g/mol. The minimum Gasteiger partial charge on any atom is -0.339 e. The van der Waals surface area contributed by atoms with Crippen LogP contribution in [0.2, 0.25) is 0 Å². The van der Waals surface area contributed by atoms with Gasteiger partial charge in [0.2, 0.25) is 5.95 Å². The van der Waals surface area contributed by atoms with Crippen LogP contribution in [0.1, 0.15) is 29.4 Å². The van der Waals surface area contributed by atoms with E-state index >= 15 is 0 Å². The highest BCUT2D eigenvalue weighted by molar-refractivity contribution is 5.59. The third-order valence-electron chi connectivity index (χ3n) is 5.72. The fourth-order valence-electron chi connectivity index (χ4n) is 4.21. The lowest BCUT2D eigenvalue weighted by atomic mass is 10.2. The van der Waals surface area contributed by atoms with Gasteiger partial charge in [0, 0.05) is 36.7 Å². The molecule has 0 radical (unpaired) electrons. The Hall–Kier alpha value is -3.48. The Morgan fingerprint density at radius 3 is 2.73 bits per heavy atom. The topological polar surface area (TPSA) is 64.7 Å². The summed E-state index contributed by atoms with van der Waals surface area (Å²) in [7, 11) is 0. The minimum absolute atomic E-state index is 0.356. The molecular formula is C23H25N7. The van der Waals surface area contributed by atoms with Crippen molar-refractivity contribution in [1.82, 2.24) is 29.5 Å². The summed E-state index contributed by atoms with van der Waals surface area (Å²) in [6.07, 6.45) is 6.76. The Bertz CT molecular complexity index is 1190. The molecule has 0 amide bonds. The number of anilines is 1.